The fourth-order valence-corrected chi connectivity index (χ4v) is 5.58. The smallest absolute Gasteiger partial charge is 0.0717 e. The van der Waals surface area contributed by atoms with Crippen LogP contribution in [-0.2, 0) is 0 Å². The maximum atomic E-state index is 5.05. The van der Waals surface area contributed by atoms with Gasteiger partial charge in [-0.1, -0.05) is 97.1 Å². The van der Waals surface area contributed by atoms with Crippen molar-refractivity contribution in [1.29, 1.82) is 0 Å². The van der Waals surface area contributed by atoms with Gasteiger partial charge in [0.2, 0.25) is 0 Å². The van der Waals surface area contributed by atoms with Gasteiger partial charge in [0.1, 0.15) is 0 Å². The van der Waals surface area contributed by atoms with E-state index in [0.717, 1.165) is 5.69 Å². The SMILES string of the molecule is Cc1c(-c2cc3c4ccccc4c4ccccc4c3cn2)c2ccccc2c2ccccc12. The Morgan fingerprint density at radius 1 is 0.424 bits per heavy atom. The summed E-state index contributed by atoms with van der Waals surface area (Å²) in [4.78, 5) is 5.05. The van der Waals surface area contributed by atoms with Crippen LogP contribution in [0.1, 0.15) is 5.56 Å². The molecule has 6 aromatic carbocycles. The Morgan fingerprint density at radius 3 is 1.39 bits per heavy atom. The Bertz CT molecular complexity index is 1840. The lowest BCUT2D eigenvalue weighted by molar-refractivity contribution is 1.35. The number of hydrogen-bond donors (Lipinski definition) is 0. The molecule has 0 radical (unpaired) electrons. The summed E-state index contributed by atoms with van der Waals surface area (Å²) in [6, 6.07) is 37.1. The highest BCUT2D eigenvalue weighted by Crippen LogP contribution is 2.40. The number of rotatable bonds is 1. The minimum atomic E-state index is 1.03. The third-order valence-electron chi connectivity index (χ3n) is 7.08. The predicted molar refractivity (Wildman–Crippen MR) is 142 cm³/mol. The summed E-state index contributed by atoms with van der Waals surface area (Å²) in [6.07, 6.45) is 2.07. The van der Waals surface area contributed by atoms with E-state index in [9.17, 15) is 0 Å². The molecule has 1 heterocycles. The molecule has 0 saturated heterocycles. The van der Waals surface area contributed by atoms with Crippen LogP contribution in [0.5, 0.6) is 0 Å². The van der Waals surface area contributed by atoms with Gasteiger partial charge in [-0.05, 0) is 67.0 Å². The van der Waals surface area contributed by atoms with E-state index in [0.29, 0.717) is 0 Å². The van der Waals surface area contributed by atoms with Gasteiger partial charge in [0, 0.05) is 17.1 Å². The lowest BCUT2D eigenvalue weighted by Crippen LogP contribution is -1.93. The molecule has 0 fully saturated rings. The quantitative estimate of drug-likeness (QED) is 0.242. The second-order valence-corrected chi connectivity index (χ2v) is 8.80. The lowest BCUT2D eigenvalue weighted by Gasteiger charge is -2.16. The first-order valence-corrected chi connectivity index (χ1v) is 11.4. The van der Waals surface area contributed by atoms with Crippen molar-refractivity contribution in [3.63, 3.8) is 0 Å². The molecule has 154 valence electrons. The molecule has 1 heteroatoms. The molecule has 0 N–H and O–H groups in total. The highest BCUT2D eigenvalue weighted by molar-refractivity contribution is 6.26. The average molecular weight is 420 g/mol. The van der Waals surface area contributed by atoms with Crippen molar-refractivity contribution in [2.24, 2.45) is 0 Å². The van der Waals surface area contributed by atoms with Crippen molar-refractivity contribution in [2.75, 3.05) is 0 Å². The maximum Gasteiger partial charge on any atom is 0.0717 e. The number of aryl methyl sites for hydroxylation is 1. The molecular weight excluding hydrogens is 398 g/mol. The molecule has 7 rings (SSSR count). The van der Waals surface area contributed by atoms with E-state index >= 15 is 0 Å². The highest BCUT2D eigenvalue weighted by atomic mass is 14.7. The summed E-state index contributed by atoms with van der Waals surface area (Å²) in [7, 11) is 0. The van der Waals surface area contributed by atoms with Crippen LogP contribution in [0.4, 0.5) is 0 Å². The first-order chi connectivity index (χ1) is 16.3. The number of hydrogen-bond acceptors (Lipinski definition) is 1. The third-order valence-corrected chi connectivity index (χ3v) is 7.08. The summed E-state index contributed by atoms with van der Waals surface area (Å²) in [6.45, 7) is 2.23. The first kappa shape index (κ1) is 18.4. The molecule has 0 amide bonds. The fourth-order valence-electron chi connectivity index (χ4n) is 5.58. The van der Waals surface area contributed by atoms with Crippen molar-refractivity contribution in [1.82, 2.24) is 4.98 Å². The molecule has 0 aliphatic rings. The topological polar surface area (TPSA) is 12.9 Å². The van der Waals surface area contributed by atoms with Crippen LogP contribution in [0.15, 0.2) is 109 Å². The number of pyridine rings is 1. The van der Waals surface area contributed by atoms with E-state index in [-0.39, 0.29) is 0 Å². The van der Waals surface area contributed by atoms with E-state index in [1.165, 1.54) is 65.0 Å². The van der Waals surface area contributed by atoms with Crippen molar-refractivity contribution in [3.8, 4) is 11.3 Å². The zero-order valence-electron chi connectivity index (χ0n) is 18.3. The molecule has 0 saturated carbocycles. The number of fused-ring (bicyclic) bond motifs is 9. The van der Waals surface area contributed by atoms with Gasteiger partial charge in [0.05, 0.1) is 5.69 Å². The third kappa shape index (κ3) is 2.57. The largest absolute Gasteiger partial charge is 0.256 e. The summed E-state index contributed by atoms with van der Waals surface area (Å²) >= 11 is 0. The van der Waals surface area contributed by atoms with Crippen molar-refractivity contribution in [2.45, 2.75) is 6.92 Å². The maximum absolute atomic E-state index is 5.05. The van der Waals surface area contributed by atoms with E-state index in [1.807, 2.05) is 0 Å². The van der Waals surface area contributed by atoms with E-state index < -0.39 is 0 Å². The van der Waals surface area contributed by atoms with Crippen LogP contribution >= 0.6 is 0 Å². The minimum absolute atomic E-state index is 1.03. The lowest BCUT2D eigenvalue weighted by atomic mass is 9.89. The molecule has 0 bridgehead atoms. The van der Waals surface area contributed by atoms with Crippen molar-refractivity contribution in [3.05, 3.63) is 115 Å². The van der Waals surface area contributed by atoms with Gasteiger partial charge in [-0.3, -0.25) is 4.98 Å². The zero-order valence-corrected chi connectivity index (χ0v) is 18.3. The molecule has 1 aromatic heterocycles. The van der Waals surface area contributed by atoms with E-state index in [2.05, 4.69) is 116 Å². The van der Waals surface area contributed by atoms with Gasteiger partial charge in [-0.15, -0.1) is 0 Å². The average Bonchev–Trinajstić information content (AvgIpc) is 2.89. The second kappa shape index (κ2) is 6.88. The highest BCUT2D eigenvalue weighted by Gasteiger charge is 2.16. The van der Waals surface area contributed by atoms with Gasteiger partial charge in [-0.2, -0.15) is 0 Å². The van der Waals surface area contributed by atoms with Crippen LogP contribution in [-0.4, -0.2) is 4.98 Å². The molecule has 0 aliphatic heterocycles. The molecule has 0 unspecified atom stereocenters. The Kier molecular flexibility index (Phi) is 3.83. The molecule has 0 spiro atoms. The van der Waals surface area contributed by atoms with Crippen LogP contribution in [0.3, 0.4) is 0 Å². The Hall–Kier alpha value is -4.23. The zero-order chi connectivity index (χ0) is 21.9. The summed E-state index contributed by atoms with van der Waals surface area (Å²) in [5, 5.41) is 12.7. The second-order valence-electron chi connectivity index (χ2n) is 8.80. The monoisotopic (exact) mass is 419 g/mol. The summed E-state index contributed by atoms with van der Waals surface area (Å²) in [5.41, 5.74) is 3.53. The summed E-state index contributed by atoms with van der Waals surface area (Å²) in [5.74, 6) is 0. The van der Waals surface area contributed by atoms with Gasteiger partial charge in [0.25, 0.3) is 0 Å². The van der Waals surface area contributed by atoms with Gasteiger partial charge < -0.3 is 0 Å². The van der Waals surface area contributed by atoms with Gasteiger partial charge in [-0.25, -0.2) is 0 Å². The number of benzene rings is 6. The normalized spacial score (nSPS) is 11.8. The molecule has 1 nitrogen and oxygen atoms in total. The Morgan fingerprint density at radius 2 is 0.818 bits per heavy atom. The van der Waals surface area contributed by atoms with Crippen LogP contribution in [0.25, 0.3) is 65.1 Å². The van der Waals surface area contributed by atoms with Gasteiger partial charge in [0.15, 0.2) is 0 Å². The molecule has 33 heavy (non-hydrogen) atoms. The minimum Gasteiger partial charge on any atom is -0.256 e. The predicted octanol–water partition coefficient (Wildman–Crippen LogP) is 8.82. The number of nitrogens with zero attached hydrogens (tertiary/aromatic N) is 1. The van der Waals surface area contributed by atoms with Crippen LogP contribution in [0, 0.1) is 6.92 Å². The molecule has 0 atom stereocenters. The van der Waals surface area contributed by atoms with Crippen molar-refractivity contribution < 1.29 is 0 Å². The molecule has 0 aliphatic carbocycles. The van der Waals surface area contributed by atoms with Crippen molar-refractivity contribution >= 4 is 53.9 Å². The van der Waals surface area contributed by atoms with Crippen LogP contribution in [0.2, 0.25) is 0 Å². The first-order valence-electron chi connectivity index (χ1n) is 11.4. The van der Waals surface area contributed by atoms with Crippen LogP contribution < -0.4 is 0 Å². The summed E-state index contributed by atoms with van der Waals surface area (Å²) < 4.78 is 0. The van der Waals surface area contributed by atoms with E-state index in [4.69, 9.17) is 4.98 Å². The van der Waals surface area contributed by atoms with E-state index in [1.54, 1.807) is 0 Å². The Labute approximate surface area is 191 Å². The van der Waals surface area contributed by atoms with Gasteiger partial charge >= 0.3 is 0 Å². The standard InChI is InChI=1S/C32H21N/c1-20-21-10-2-3-11-22(21)25-14-8-9-17-28(25)32(20)31-18-29-26-15-6-4-12-23(26)24-13-5-7-16-27(24)30(29)19-33-31/h2-19H,1H3. The Balaban J connectivity index is 1.66. The molecular formula is C32H21N. The fraction of sp³-hybridized carbons (Fsp3) is 0.0312. The number of aromatic nitrogens is 1. The molecule has 7 aromatic rings.